The van der Waals surface area contributed by atoms with Crippen LogP contribution < -0.4 is 0 Å². The summed E-state index contributed by atoms with van der Waals surface area (Å²) in [5.74, 6) is -0.439. The number of halogens is 1. The summed E-state index contributed by atoms with van der Waals surface area (Å²) in [5.41, 5.74) is 5.59. The van der Waals surface area contributed by atoms with Crippen LogP contribution in [0.4, 0.5) is 4.39 Å². The van der Waals surface area contributed by atoms with E-state index >= 15 is 0 Å². The summed E-state index contributed by atoms with van der Waals surface area (Å²) in [5, 5.41) is 9.49. The molecule has 2 aromatic rings. The number of hydrogen-bond acceptors (Lipinski definition) is 1. The fourth-order valence-corrected chi connectivity index (χ4v) is 2.81. The average molecular weight is 267 g/mol. The molecule has 0 heterocycles. The average Bonchev–Trinajstić information content (AvgIpc) is 2.38. The van der Waals surface area contributed by atoms with Crippen molar-refractivity contribution in [3.63, 3.8) is 0 Å². The minimum absolute atomic E-state index is 0.193. The van der Waals surface area contributed by atoms with Gasteiger partial charge in [0, 0.05) is 0 Å². The van der Waals surface area contributed by atoms with Gasteiger partial charge in [-0.2, -0.15) is 5.26 Å². The molecule has 0 aliphatic heterocycles. The highest BCUT2D eigenvalue weighted by molar-refractivity contribution is 5.43. The van der Waals surface area contributed by atoms with E-state index in [0.29, 0.717) is 6.42 Å². The lowest BCUT2D eigenvalue weighted by Crippen LogP contribution is -2.05. The molecule has 0 N–H and O–H groups in total. The van der Waals surface area contributed by atoms with Crippen LogP contribution in [0.1, 0.15) is 33.7 Å². The molecule has 1 atom stereocenters. The number of benzene rings is 2. The van der Waals surface area contributed by atoms with Crippen molar-refractivity contribution in [2.24, 2.45) is 0 Å². The Morgan fingerprint density at radius 3 is 2.10 bits per heavy atom. The molecule has 2 rings (SSSR count). The van der Waals surface area contributed by atoms with Crippen LogP contribution >= 0.6 is 0 Å². The first-order valence-electron chi connectivity index (χ1n) is 6.73. The summed E-state index contributed by atoms with van der Waals surface area (Å²) >= 11 is 0. The predicted octanol–water partition coefficient (Wildman–Crippen LogP) is 4.60. The van der Waals surface area contributed by atoms with Crippen molar-refractivity contribution >= 4 is 0 Å². The highest BCUT2D eigenvalue weighted by atomic mass is 19.1. The maximum absolute atomic E-state index is 12.9. The Hall–Kier alpha value is -2.14. The van der Waals surface area contributed by atoms with Gasteiger partial charge in [-0.3, -0.25) is 0 Å². The van der Waals surface area contributed by atoms with Gasteiger partial charge >= 0.3 is 0 Å². The molecule has 0 aromatic heterocycles. The fourth-order valence-electron chi connectivity index (χ4n) is 2.81. The van der Waals surface area contributed by atoms with Gasteiger partial charge in [0.2, 0.25) is 0 Å². The Balaban J connectivity index is 2.34. The van der Waals surface area contributed by atoms with Crippen LogP contribution in [-0.4, -0.2) is 0 Å². The van der Waals surface area contributed by atoms with E-state index in [1.807, 2.05) is 13.8 Å². The van der Waals surface area contributed by atoms with Crippen LogP contribution in [0, 0.1) is 37.9 Å². The quantitative estimate of drug-likeness (QED) is 0.797. The Kier molecular flexibility index (Phi) is 4.20. The molecule has 0 fully saturated rings. The van der Waals surface area contributed by atoms with Crippen LogP contribution in [0.3, 0.4) is 0 Å². The van der Waals surface area contributed by atoms with Gasteiger partial charge in [0.1, 0.15) is 5.82 Å². The predicted molar refractivity (Wildman–Crippen MR) is 79.1 cm³/mol. The molecule has 0 bridgehead atoms. The van der Waals surface area contributed by atoms with Crippen molar-refractivity contribution in [2.45, 2.75) is 33.1 Å². The lowest BCUT2D eigenvalue weighted by molar-refractivity contribution is 0.626. The molecule has 2 heteroatoms. The number of aryl methyl sites for hydroxylation is 3. The zero-order chi connectivity index (χ0) is 14.7. The third-order valence-corrected chi connectivity index (χ3v) is 3.60. The summed E-state index contributed by atoms with van der Waals surface area (Å²) in [6, 6.07) is 13.0. The van der Waals surface area contributed by atoms with E-state index in [-0.39, 0.29) is 11.7 Å². The van der Waals surface area contributed by atoms with Crippen LogP contribution in [0.25, 0.3) is 0 Å². The topological polar surface area (TPSA) is 23.8 Å². The van der Waals surface area contributed by atoms with Crippen molar-refractivity contribution in [1.82, 2.24) is 0 Å². The second-order valence-electron chi connectivity index (χ2n) is 5.32. The van der Waals surface area contributed by atoms with Gasteiger partial charge < -0.3 is 0 Å². The molecular formula is C18H18FN. The minimum atomic E-state index is -0.245. The van der Waals surface area contributed by atoms with E-state index in [1.54, 1.807) is 12.1 Å². The van der Waals surface area contributed by atoms with Crippen molar-refractivity contribution in [3.05, 3.63) is 70.0 Å². The SMILES string of the molecule is Cc1cc(C)c(C(C#N)Cc2ccc(F)cc2)c(C)c1. The number of rotatable bonds is 3. The Morgan fingerprint density at radius 1 is 1.05 bits per heavy atom. The monoisotopic (exact) mass is 267 g/mol. The number of hydrogen-bond donors (Lipinski definition) is 0. The van der Waals surface area contributed by atoms with Crippen LogP contribution in [0.5, 0.6) is 0 Å². The largest absolute Gasteiger partial charge is 0.207 e. The molecule has 0 aliphatic rings. The van der Waals surface area contributed by atoms with Crippen LogP contribution in [-0.2, 0) is 6.42 Å². The van der Waals surface area contributed by atoms with Gasteiger partial charge in [-0.15, -0.1) is 0 Å². The van der Waals surface area contributed by atoms with E-state index in [4.69, 9.17) is 0 Å². The molecule has 1 nitrogen and oxygen atoms in total. The minimum Gasteiger partial charge on any atom is -0.207 e. The van der Waals surface area contributed by atoms with Gasteiger partial charge in [-0.1, -0.05) is 29.8 Å². The van der Waals surface area contributed by atoms with E-state index in [2.05, 4.69) is 25.1 Å². The summed E-state index contributed by atoms with van der Waals surface area (Å²) in [4.78, 5) is 0. The first kappa shape index (κ1) is 14.3. The van der Waals surface area contributed by atoms with E-state index in [9.17, 15) is 9.65 Å². The molecule has 20 heavy (non-hydrogen) atoms. The van der Waals surface area contributed by atoms with Crippen molar-refractivity contribution in [3.8, 4) is 6.07 Å². The lowest BCUT2D eigenvalue weighted by Gasteiger charge is -2.16. The van der Waals surface area contributed by atoms with Gasteiger partial charge in [0.25, 0.3) is 0 Å². The first-order valence-corrected chi connectivity index (χ1v) is 6.73. The van der Waals surface area contributed by atoms with E-state index in [1.165, 1.54) is 17.7 Å². The third-order valence-electron chi connectivity index (χ3n) is 3.60. The standard InChI is InChI=1S/C18H18FN/c1-12-8-13(2)18(14(3)9-12)16(11-20)10-15-4-6-17(19)7-5-15/h4-9,16H,10H2,1-3H3. The van der Waals surface area contributed by atoms with Crippen LogP contribution in [0.15, 0.2) is 36.4 Å². The maximum Gasteiger partial charge on any atom is 0.123 e. The van der Waals surface area contributed by atoms with Crippen LogP contribution in [0.2, 0.25) is 0 Å². The zero-order valence-corrected chi connectivity index (χ0v) is 12.1. The van der Waals surface area contributed by atoms with E-state index < -0.39 is 0 Å². The summed E-state index contributed by atoms with van der Waals surface area (Å²) < 4.78 is 12.9. The lowest BCUT2D eigenvalue weighted by atomic mass is 9.86. The molecule has 102 valence electrons. The summed E-state index contributed by atoms with van der Waals surface area (Å²) in [6.07, 6.45) is 0.613. The first-order chi connectivity index (χ1) is 9.51. The Labute approximate surface area is 119 Å². The normalized spacial score (nSPS) is 11.9. The Morgan fingerprint density at radius 2 is 1.60 bits per heavy atom. The number of nitrogens with zero attached hydrogens (tertiary/aromatic N) is 1. The zero-order valence-electron chi connectivity index (χ0n) is 12.1. The molecule has 0 amide bonds. The third kappa shape index (κ3) is 3.05. The van der Waals surface area contributed by atoms with Crippen molar-refractivity contribution in [1.29, 1.82) is 5.26 Å². The molecule has 0 saturated carbocycles. The Bertz CT molecular complexity index is 627. The van der Waals surface area contributed by atoms with E-state index in [0.717, 1.165) is 22.3 Å². The van der Waals surface area contributed by atoms with Gasteiger partial charge in [-0.05, 0) is 61.6 Å². The highest BCUT2D eigenvalue weighted by Gasteiger charge is 2.16. The molecule has 0 spiro atoms. The molecular weight excluding hydrogens is 249 g/mol. The summed E-state index contributed by atoms with van der Waals surface area (Å²) in [7, 11) is 0. The molecule has 0 aliphatic carbocycles. The summed E-state index contributed by atoms with van der Waals surface area (Å²) in [6.45, 7) is 6.15. The van der Waals surface area contributed by atoms with Crippen molar-refractivity contribution < 1.29 is 4.39 Å². The highest BCUT2D eigenvalue weighted by Crippen LogP contribution is 2.27. The van der Waals surface area contributed by atoms with Gasteiger partial charge in [0.05, 0.1) is 12.0 Å². The van der Waals surface area contributed by atoms with Gasteiger partial charge in [0.15, 0.2) is 0 Å². The fraction of sp³-hybridized carbons (Fsp3) is 0.278. The molecule has 0 saturated heterocycles. The molecule has 1 unspecified atom stereocenters. The second kappa shape index (κ2) is 5.88. The number of nitriles is 1. The maximum atomic E-state index is 12.9. The molecule has 2 aromatic carbocycles. The smallest absolute Gasteiger partial charge is 0.123 e. The second-order valence-corrected chi connectivity index (χ2v) is 5.32. The van der Waals surface area contributed by atoms with Crippen molar-refractivity contribution in [2.75, 3.05) is 0 Å². The molecule has 0 radical (unpaired) electrons. The van der Waals surface area contributed by atoms with Gasteiger partial charge in [-0.25, -0.2) is 4.39 Å².